The molecule has 1 saturated heterocycles. The van der Waals surface area contributed by atoms with Gasteiger partial charge in [-0.15, -0.1) is 12.6 Å². The number of carbonyl (C=O) groups excluding carboxylic acids is 2. The zero-order valence-corrected chi connectivity index (χ0v) is 19.9. The summed E-state index contributed by atoms with van der Waals surface area (Å²) in [5, 5.41) is 11.8. The molecule has 1 aromatic heterocycles. The van der Waals surface area contributed by atoms with Gasteiger partial charge in [0.2, 0.25) is 5.91 Å². The van der Waals surface area contributed by atoms with Crippen LogP contribution in [0.2, 0.25) is 0 Å². The Hall–Kier alpha value is -3.43. The summed E-state index contributed by atoms with van der Waals surface area (Å²) in [4.78, 5) is 37.9. The number of rotatable bonds is 7. The monoisotopic (exact) mass is 494 g/mol. The number of carbonyl (C=O) groups is 3. The number of carboxylic acids is 1. The van der Waals surface area contributed by atoms with Gasteiger partial charge in [-0.25, -0.2) is 4.79 Å². The molecular weight excluding hydrogens is 472 g/mol. The van der Waals surface area contributed by atoms with Gasteiger partial charge in [0.05, 0.1) is 4.91 Å². The van der Waals surface area contributed by atoms with Gasteiger partial charge in [-0.05, 0) is 23.3 Å². The molecule has 34 heavy (non-hydrogen) atoms. The van der Waals surface area contributed by atoms with Crippen LogP contribution in [0.25, 0.3) is 17.4 Å². The van der Waals surface area contributed by atoms with Crippen molar-refractivity contribution >= 4 is 48.3 Å². The minimum atomic E-state index is -1.14. The predicted molar refractivity (Wildman–Crippen MR) is 134 cm³/mol. The second-order valence-electron chi connectivity index (χ2n) is 7.67. The summed E-state index contributed by atoms with van der Waals surface area (Å²) >= 11 is 5.92. The fourth-order valence-corrected chi connectivity index (χ4v) is 4.99. The van der Waals surface area contributed by atoms with Crippen molar-refractivity contribution < 1.29 is 23.9 Å². The number of nitrogens with one attached hydrogen (secondary N) is 1. The number of hydrogen-bond donors (Lipinski definition) is 3. The maximum absolute atomic E-state index is 12.9. The van der Waals surface area contributed by atoms with Crippen molar-refractivity contribution in [2.45, 2.75) is 24.2 Å². The largest absolute Gasteiger partial charge is 0.479 e. The standard InChI is InChI=1S/C25H22N2O5S2/c1-15(28)26-22(24(30)31)18-9-7-17(8-10-18)20-12-11-19(32-20)13-21-23(29)27(25(33)34-21)14-16-5-3-2-4-6-16/h2-13,22,25,33H,14H2,1H3,(H,26,28)(H,30,31)/b21-13-/t22-,25-/m1/s1. The second-order valence-corrected chi connectivity index (χ2v) is 9.63. The van der Waals surface area contributed by atoms with Crippen LogP contribution < -0.4 is 5.32 Å². The molecule has 0 radical (unpaired) electrons. The molecule has 174 valence electrons. The fraction of sp³-hybridized carbons (Fsp3) is 0.160. The van der Waals surface area contributed by atoms with Gasteiger partial charge in [-0.2, -0.15) is 0 Å². The van der Waals surface area contributed by atoms with E-state index >= 15 is 0 Å². The number of amides is 2. The van der Waals surface area contributed by atoms with E-state index in [1.165, 1.54) is 18.7 Å². The van der Waals surface area contributed by atoms with Crippen molar-refractivity contribution in [3.05, 3.63) is 88.5 Å². The van der Waals surface area contributed by atoms with Crippen LogP contribution in [0.1, 0.15) is 29.9 Å². The highest BCUT2D eigenvalue weighted by atomic mass is 32.2. The first-order valence-electron chi connectivity index (χ1n) is 10.4. The van der Waals surface area contributed by atoms with Crippen molar-refractivity contribution in [2.24, 2.45) is 0 Å². The van der Waals surface area contributed by atoms with Gasteiger partial charge < -0.3 is 19.7 Å². The van der Waals surface area contributed by atoms with E-state index in [9.17, 15) is 19.5 Å². The lowest BCUT2D eigenvalue weighted by atomic mass is 10.0. The van der Waals surface area contributed by atoms with Gasteiger partial charge in [-0.3, -0.25) is 9.59 Å². The van der Waals surface area contributed by atoms with E-state index in [4.69, 9.17) is 4.42 Å². The van der Waals surface area contributed by atoms with Crippen LogP contribution in [0.4, 0.5) is 0 Å². The Morgan fingerprint density at radius 1 is 1.15 bits per heavy atom. The molecule has 2 amide bonds. The van der Waals surface area contributed by atoms with Crippen molar-refractivity contribution in [3.8, 4) is 11.3 Å². The third-order valence-electron chi connectivity index (χ3n) is 5.19. The molecule has 0 unspecified atom stereocenters. The van der Waals surface area contributed by atoms with Crippen molar-refractivity contribution in [2.75, 3.05) is 0 Å². The van der Waals surface area contributed by atoms with E-state index in [-0.39, 0.29) is 10.6 Å². The normalized spacial score (nSPS) is 17.7. The van der Waals surface area contributed by atoms with Crippen LogP contribution in [0, 0.1) is 0 Å². The molecule has 7 nitrogen and oxygen atoms in total. The average Bonchev–Trinajstić information content (AvgIpc) is 3.38. The highest BCUT2D eigenvalue weighted by Crippen LogP contribution is 2.39. The van der Waals surface area contributed by atoms with E-state index in [2.05, 4.69) is 17.9 Å². The van der Waals surface area contributed by atoms with Crippen LogP contribution in [0.5, 0.6) is 0 Å². The maximum atomic E-state index is 12.9. The third-order valence-corrected chi connectivity index (χ3v) is 6.80. The van der Waals surface area contributed by atoms with Gasteiger partial charge in [0.25, 0.3) is 5.91 Å². The molecule has 2 heterocycles. The highest BCUT2D eigenvalue weighted by molar-refractivity contribution is 8.14. The number of hydrogen-bond acceptors (Lipinski definition) is 6. The SMILES string of the molecule is CC(=O)N[C@@H](C(=O)O)c1ccc(-c2ccc(/C=C3\S[C@@H](S)N(Cc4ccccc4)C3=O)o2)cc1. The number of benzene rings is 2. The van der Waals surface area contributed by atoms with Gasteiger partial charge in [-0.1, -0.05) is 66.4 Å². The van der Waals surface area contributed by atoms with Crippen LogP contribution in [-0.2, 0) is 20.9 Å². The Labute approximate surface area is 206 Å². The molecule has 1 fully saturated rings. The van der Waals surface area contributed by atoms with Gasteiger partial charge in [0, 0.05) is 25.1 Å². The quantitative estimate of drug-likeness (QED) is 0.329. The van der Waals surface area contributed by atoms with E-state index in [0.29, 0.717) is 28.5 Å². The summed E-state index contributed by atoms with van der Waals surface area (Å²) < 4.78 is 5.62. The fourth-order valence-electron chi connectivity index (χ4n) is 3.54. The average molecular weight is 495 g/mol. The first-order valence-corrected chi connectivity index (χ1v) is 11.8. The molecule has 1 aliphatic rings. The molecule has 2 N–H and O–H groups in total. The Morgan fingerprint density at radius 2 is 1.85 bits per heavy atom. The van der Waals surface area contributed by atoms with Crippen molar-refractivity contribution in [1.29, 1.82) is 0 Å². The van der Waals surface area contributed by atoms with Gasteiger partial charge in [0.15, 0.2) is 6.04 Å². The molecule has 0 spiro atoms. The summed E-state index contributed by atoms with van der Waals surface area (Å²) in [6.07, 6.45) is 1.70. The predicted octanol–water partition coefficient (Wildman–Crippen LogP) is 4.54. The molecule has 2 aromatic carbocycles. The van der Waals surface area contributed by atoms with Crippen LogP contribution >= 0.6 is 24.4 Å². The van der Waals surface area contributed by atoms with E-state index in [0.717, 1.165) is 11.1 Å². The Morgan fingerprint density at radius 3 is 2.50 bits per heavy atom. The number of thioether (sulfide) groups is 1. The molecule has 3 aromatic rings. The van der Waals surface area contributed by atoms with E-state index < -0.39 is 17.9 Å². The molecule has 0 saturated carbocycles. The smallest absolute Gasteiger partial charge is 0.330 e. The minimum absolute atomic E-state index is 0.103. The molecule has 0 aliphatic carbocycles. The summed E-state index contributed by atoms with van der Waals surface area (Å²) in [7, 11) is 0. The number of carboxylic acid groups (broad SMARTS) is 1. The zero-order valence-electron chi connectivity index (χ0n) is 18.2. The Balaban J connectivity index is 1.48. The Kier molecular flexibility index (Phi) is 7.14. The molecule has 0 bridgehead atoms. The van der Waals surface area contributed by atoms with Crippen LogP contribution in [-0.4, -0.2) is 32.5 Å². The number of aliphatic carboxylic acids is 1. The summed E-state index contributed by atoms with van der Waals surface area (Å²) in [6.45, 7) is 1.75. The molecule has 2 atom stereocenters. The molecule has 1 aliphatic heterocycles. The minimum Gasteiger partial charge on any atom is -0.479 e. The van der Waals surface area contributed by atoms with Crippen molar-refractivity contribution in [3.63, 3.8) is 0 Å². The highest BCUT2D eigenvalue weighted by Gasteiger charge is 2.34. The lowest BCUT2D eigenvalue weighted by molar-refractivity contribution is -0.141. The third kappa shape index (κ3) is 5.37. The van der Waals surface area contributed by atoms with Crippen molar-refractivity contribution in [1.82, 2.24) is 10.2 Å². The number of furan rings is 1. The lowest BCUT2D eigenvalue weighted by Crippen LogP contribution is -2.31. The first-order chi connectivity index (χ1) is 16.3. The summed E-state index contributed by atoms with van der Waals surface area (Å²) in [6, 6.07) is 18.9. The van der Waals surface area contributed by atoms with Crippen LogP contribution in [0.3, 0.4) is 0 Å². The van der Waals surface area contributed by atoms with E-state index in [1.54, 1.807) is 47.4 Å². The molecular formula is C25H22N2O5S2. The molecule has 9 heteroatoms. The van der Waals surface area contributed by atoms with E-state index in [1.807, 2.05) is 30.3 Å². The summed E-state index contributed by atoms with van der Waals surface area (Å²) in [5.41, 5.74) is 2.22. The topological polar surface area (TPSA) is 99.9 Å². The second kappa shape index (κ2) is 10.2. The summed E-state index contributed by atoms with van der Waals surface area (Å²) in [5.74, 6) is -0.570. The van der Waals surface area contributed by atoms with Gasteiger partial charge in [0.1, 0.15) is 16.2 Å². The lowest BCUT2D eigenvalue weighted by Gasteiger charge is -2.19. The number of thiol groups is 1. The first kappa shape index (κ1) is 23.7. The maximum Gasteiger partial charge on any atom is 0.330 e. The molecule has 4 rings (SSSR count). The zero-order chi connectivity index (χ0) is 24.2. The number of nitrogens with zero attached hydrogens (tertiary/aromatic N) is 1. The van der Waals surface area contributed by atoms with Crippen LogP contribution in [0.15, 0.2) is 76.1 Å². The van der Waals surface area contributed by atoms with Gasteiger partial charge >= 0.3 is 5.97 Å². The Bertz CT molecular complexity index is 1240.